The lowest BCUT2D eigenvalue weighted by Gasteiger charge is -2.31. The normalized spacial score (nSPS) is 19.3. The molecule has 1 aliphatic rings. The van der Waals surface area contributed by atoms with Crippen molar-refractivity contribution in [3.8, 4) is 0 Å². The fraction of sp³-hybridized carbons (Fsp3) is 0.333. The molecule has 3 rings (SSSR count). The summed E-state index contributed by atoms with van der Waals surface area (Å²) in [6, 6.07) is 10.6. The van der Waals surface area contributed by atoms with Crippen LogP contribution < -0.4 is 0 Å². The Kier molecular flexibility index (Phi) is 5.39. The molecule has 31 heavy (non-hydrogen) atoms. The van der Waals surface area contributed by atoms with Crippen molar-refractivity contribution in [2.45, 2.75) is 44.5 Å². The molecule has 0 fully saturated rings. The highest BCUT2D eigenvalue weighted by atomic mass is 19.4. The average molecular weight is 435 g/mol. The molecule has 1 atom stereocenters. The Morgan fingerprint density at radius 1 is 1.10 bits per heavy atom. The minimum absolute atomic E-state index is 0.0421. The second kappa shape index (κ2) is 7.45. The fourth-order valence-corrected chi connectivity index (χ4v) is 3.23. The molecule has 2 aromatic rings. The van der Waals surface area contributed by atoms with Crippen molar-refractivity contribution < 1.29 is 28.0 Å². The maximum absolute atomic E-state index is 13.3. The third-order valence-corrected chi connectivity index (χ3v) is 5.04. The zero-order valence-electron chi connectivity index (χ0n) is 17.0. The van der Waals surface area contributed by atoms with Gasteiger partial charge in [-0.3, -0.25) is 14.9 Å². The van der Waals surface area contributed by atoms with Gasteiger partial charge in [-0.15, -0.1) is 0 Å². The SMILES string of the molecule is CC(C)(C)c1ccc(C(=O)N2N=C(C(F)(F)F)CC2(O)c2ccc([N+](=O)[O-])cc2)cc1. The number of nitrogens with zero attached hydrogens (tertiary/aromatic N) is 3. The summed E-state index contributed by atoms with van der Waals surface area (Å²) < 4.78 is 40.0. The van der Waals surface area contributed by atoms with Crippen LogP contribution in [0.1, 0.15) is 48.7 Å². The lowest BCUT2D eigenvalue weighted by Crippen LogP contribution is -2.43. The molecule has 0 aromatic heterocycles. The van der Waals surface area contributed by atoms with Crippen LogP contribution in [-0.2, 0) is 11.1 Å². The van der Waals surface area contributed by atoms with Crippen LogP contribution >= 0.6 is 0 Å². The van der Waals surface area contributed by atoms with Gasteiger partial charge in [0.2, 0.25) is 0 Å². The third kappa shape index (κ3) is 4.29. The smallest absolute Gasteiger partial charge is 0.365 e. The molecule has 1 heterocycles. The Balaban J connectivity index is 2.03. The maximum atomic E-state index is 13.3. The first-order valence-electron chi connectivity index (χ1n) is 9.30. The first-order valence-corrected chi connectivity index (χ1v) is 9.30. The van der Waals surface area contributed by atoms with E-state index in [9.17, 15) is 33.2 Å². The second-order valence-electron chi connectivity index (χ2n) is 8.29. The molecule has 0 saturated carbocycles. The van der Waals surface area contributed by atoms with E-state index in [4.69, 9.17) is 0 Å². The Hall–Kier alpha value is -3.27. The van der Waals surface area contributed by atoms with Crippen LogP contribution in [0.2, 0.25) is 0 Å². The summed E-state index contributed by atoms with van der Waals surface area (Å²) in [5, 5.41) is 25.8. The zero-order chi connectivity index (χ0) is 23.2. The Morgan fingerprint density at radius 2 is 1.65 bits per heavy atom. The van der Waals surface area contributed by atoms with E-state index in [1.165, 1.54) is 12.1 Å². The second-order valence-corrected chi connectivity index (χ2v) is 8.29. The number of alkyl halides is 3. The van der Waals surface area contributed by atoms with E-state index in [0.29, 0.717) is 5.01 Å². The first-order chi connectivity index (χ1) is 14.2. The highest BCUT2D eigenvalue weighted by Gasteiger charge is 2.53. The molecule has 1 aliphatic heterocycles. The number of benzene rings is 2. The van der Waals surface area contributed by atoms with Crippen molar-refractivity contribution in [3.05, 3.63) is 75.3 Å². The van der Waals surface area contributed by atoms with E-state index < -0.39 is 34.9 Å². The molecule has 0 bridgehead atoms. The van der Waals surface area contributed by atoms with Gasteiger partial charge in [0, 0.05) is 23.3 Å². The van der Waals surface area contributed by atoms with Gasteiger partial charge in [-0.2, -0.15) is 23.3 Å². The van der Waals surface area contributed by atoms with Crippen molar-refractivity contribution in [3.63, 3.8) is 0 Å². The van der Waals surface area contributed by atoms with Crippen LogP contribution in [0.15, 0.2) is 53.6 Å². The monoisotopic (exact) mass is 435 g/mol. The summed E-state index contributed by atoms with van der Waals surface area (Å²) in [7, 11) is 0. The largest absolute Gasteiger partial charge is 0.431 e. The Labute approximate surface area is 175 Å². The number of rotatable bonds is 3. The van der Waals surface area contributed by atoms with Gasteiger partial charge >= 0.3 is 6.18 Å². The maximum Gasteiger partial charge on any atom is 0.431 e. The minimum atomic E-state index is -4.86. The van der Waals surface area contributed by atoms with Gasteiger partial charge in [-0.25, -0.2) is 0 Å². The number of amides is 1. The Morgan fingerprint density at radius 3 is 2.10 bits per heavy atom. The molecule has 1 N–H and O–H groups in total. The van der Waals surface area contributed by atoms with Crippen molar-refractivity contribution in [1.82, 2.24) is 5.01 Å². The van der Waals surface area contributed by atoms with E-state index in [0.717, 1.165) is 29.8 Å². The third-order valence-electron chi connectivity index (χ3n) is 5.04. The van der Waals surface area contributed by atoms with Gasteiger partial charge in [-0.1, -0.05) is 32.9 Å². The van der Waals surface area contributed by atoms with Crippen LogP contribution in [0.4, 0.5) is 18.9 Å². The van der Waals surface area contributed by atoms with E-state index >= 15 is 0 Å². The molecule has 1 unspecified atom stereocenters. The highest BCUT2D eigenvalue weighted by molar-refractivity contribution is 5.99. The van der Waals surface area contributed by atoms with Gasteiger partial charge in [0.05, 0.1) is 11.3 Å². The number of carbonyl (C=O) groups is 1. The van der Waals surface area contributed by atoms with Crippen LogP contribution in [0, 0.1) is 10.1 Å². The number of nitro groups is 1. The van der Waals surface area contributed by atoms with Crippen molar-refractivity contribution in [2.24, 2.45) is 5.10 Å². The lowest BCUT2D eigenvalue weighted by molar-refractivity contribution is -0.384. The molecule has 2 aromatic carbocycles. The van der Waals surface area contributed by atoms with E-state index in [-0.39, 0.29) is 22.2 Å². The standard InChI is InChI=1S/C21H20F3N3O4/c1-19(2,3)14-6-4-13(5-7-14)18(28)26-20(29,12-17(25-26)21(22,23)24)15-8-10-16(11-9-15)27(30)31/h4-11,29H,12H2,1-3H3. The summed E-state index contributed by atoms with van der Waals surface area (Å²) in [5.41, 5.74) is -3.45. The molecular formula is C21H20F3N3O4. The number of non-ortho nitro benzene ring substituents is 1. The number of hydrogen-bond donors (Lipinski definition) is 1. The molecule has 0 radical (unpaired) electrons. The number of carbonyl (C=O) groups excluding carboxylic acids is 1. The zero-order valence-corrected chi connectivity index (χ0v) is 17.0. The van der Waals surface area contributed by atoms with Crippen LogP contribution in [0.3, 0.4) is 0 Å². The number of hydrogen-bond acceptors (Lipinski definition) is 5. The van der Waals surface area contributed by atoms with Gasteiger partial charge in [0.15, 0.2) is 5.72 Å². The van der Waals surface area contributed by atoms with Crippen molar-refractivity contribution >= 4 is 17.3 Å². The van der Waals surface area contributed by atoms with Gasteiger partial charge in [0.1, 0.15) is 5.71 Å². The predicted octanol–water partition coefficient (Wildman–Crippen LogP) is 4.50. The number of hydrazone groups is 1. The lowest BCUT2D eigenvalue weighted by atomic mass is 9.86. The molecule has 7 nitrogen and oxygen atoms in total. The molecule has 1 amide bonds. The number of aliphatic hydroxyl groups is 1. The summed E-state index contributed by atoms with van der Waals surface area (Å²) in [6.07, 6.45) is -5.86. The Bertz CT molecular complexity index is 1040. The molecule has 10 heteroatoms. The van der Waals surface area contributed by atoms with Crippen LogP contribution in [-0.4, -0.2) is 32.8 Å². The molecule has 0 saturated heterocycles. The summed E-state index contributed by atoms with van der Waals surface area (Å²) in [4.78, 5) is 23.2. The highest BCUT2D eigenvalue weighted by Crippen LogP contribution is 2.41. The first kappa shape index (κ1) is 22.4. The summed E-state index contributed by atoms with van der Waals surface area (Å²) in [6.45, 7) is 5.91. The van der Waals surface area contributed by atoms with Crippen LogP contribution in [0.5, 0.6) is 0 Å². The summed E-state index contributed by atoms with van der Waals surface area (Å²) >= 11 is 0. The van der Waals surface area contributed by atoms with Crippen LogP contribution in [0.25, 0.3) is 0 Å². The van der Waals surface area contributed by atoms with Gasteiger partial charge in [0.25, 0.3) is 11.6 Å². The summed E-state index contributed by atoms with van der Waals surface area (Å²) in [5.74, 6) is -0.930. The number of nitro benzene ring substituents is 1. The molecule has 0 aliphatic carbocycles. The molecular weight excluding hydrogens is 415 g/mol. The average Bonchev–Trinajstić information content (AvgIpc) is 3.06. The number of halogens is 3. The van der Waals surface area contributed by atoms with E-state index in [1.807, 2.05) is 20.8 Å². The van der Waals surface area contributed by atoms with E-state index in [2.05, 4.69) is 5.10 Å². The van der Waals surface area contributed by atoms with Gasteiger partial charge in [-0.05, 0) is 35.2 Å². The molecule has 164 valence electrons. The minimum Gasteiger partial charge on any atom is -0.365 e. The van der Waals surface area contributed by atoms with Gasteiger partial charge < -0.3 is 5.11 Å². The molecule has 0 spiro atoms. The fourth-order valence-electron chi connectivity index (χ4n) is 3.23. The topological polar surface area (TPSA) is 96.0 Å². The van der Waals surface area contributed by atoms with Crippen molar-refractivity contribution in [2.75, 3.05) is 0 Å². The predicted molar refractivity (Wildman–Crippen MR) is 106 cm³/mol. The quantitative estimate of drug-likeness (QED) is 0.567. The van der Waals surface area contributed by atoms with Crippen molar-refractivity contribution in [1.29, 1.82) is 0 Å². The van der Waals surface area contributed by atoms with E-state index in [1.54, 1.807) is 12.1 Å².